The van der Waals surface area contributed by atoms with Crippen molar-refractivity contribution in [2.24, 2.45) is 0 Å². The van der Waals surface area contributed by atoms with Crippen molar-refractivity contribution < 1.29 is 27.4 Å². The van der Waals surface area contributed by atoms with Crippen LogP contribution in [0, 0.1) is 0 Å². The summed E-state index contributed by atoms with van der Waals surface area (Å²) in [4.78, 5) is 14.4. The van der Waals surface area contributed by atoms with Gasteiger partial charge < -0.3 is 19.1 Å². The lowest BCUT2D eigenvalue weighted by Gasteiger charge is -2.18. The van der Waals surface area contributed by atoms with Gasteiger partial charge in [0.2, 0.25) is 6.79 Å². The number of nitrogens with zero attached hydrogens (tertiary/aromatic N) is 1. The van der Waals surface area contributed by atoms with Crippen LogP contribution in [0.4, 0.5) is 5.69 Å². The number of hydrogen-bond donors (Lipinski definition) is 1. The number of methoxy groups -OCH3 is 1. The van der Waals surface area contributed by atoms with Crippen molar-refractivity contribution in [2.75, 3.05) is 25.7 Å². The zero-order valence-electron chi connectivity index (χ0n) is 17.6. The molecule has 4 rings (SSSR count). The number of anilines is 1. The fourth-order valence-corrected chi connectivity index (χ4v) is 4.31. The van der Waals surface area contributed by atoms with Gasteiger partial charge in [0.05, 0.1) is 12.0 Å². The van der Waals surface area contributed by atoms with Gasteiger partial charge in [-0.2, -0.15) is 0 Å². The Hall–Kier alpha value is -3.72. The average Bonchev–Trinajstić information content (AvgIpc) is 3.27. The summed E-state index contributed by atoms with van der Waals surface area (Å²) in [6, 6.07) is 17.9. The molecular weight excluding hydrogens is 432 g/mol. The molecule has 0 saturated carbocycles. The molecule has 0 aliphatic carbocycles. The summed E-state index contributed by atoms with van der Waals surface area (Å²) in [5.41, 5.74) is 1.69. The highest BCUT2D eigenvalue weighted by atomic mass is 32.2. The van der Waals surface area contributed by atoms with Crippen LogP contribution < -0.4 is 18.9 Å². The molecule has 1 aliphatic heterocycles. The molecule has 8 nitrogen and oxygen atoms in total. The first-order valence-electron chi connectivity index (χ1n) is 9.77. The maximum Gasteiger partial charge on any atom is 0.261 e. The number of rotatable bonds is 7. The van der Waals surface area contributed by atoms with Gasteiger partial charge in [0.25, 0.3) is 15.9 Å². The fraction of sp³-hybridized carbons (Fsp3) is 0.174. The minimum atomic E-state index is -3.79. The van der Waals surface area contributed by atoms with Crippen LogP contribution in [0.1, 0.15) is 15.9 Å². The number of sulfonamides is 1. The van der Waals surface area contributed by atoms with Gasteiger partial charge in [0.1, 0.15) is 5.75 Å². The summed E-state index contributed by atoms with van der Waals surface area (Å²) in [6.45, 7) is 0.560. The molecule has 3 aromatic rings. The molecule has 1 N–H and O–H groups in total. The molecular formula is C23H22N2O6S. The molecule has 0 bridgehead atoms. The highest BCUT2D eigenvalue weighted by Gasteiger charge is 2.18. The van der Waals surface area contributed by atoms with Crippen LogP contribution in [0.3, 0.4) is 0 Å². The molecule has 0 radical (unpaired) electrons. The number of amides is 1. The molecule has 0 atom stereocenters. The summed E-state index contributed by atoms with van der Waals surface area (Å²) >= 11 is 0. The second-order valence-electron chi connectivity index (χ2n) is 7.21. The lowest BCUT2D eigenvalue weighted by atomic mass is 10.1. The molecule has 9 heteroatoms. The van der Waals surface area contributed by atoms with Crippen LogP contribution in [0.5, 0.6) is 17.2 Å². The summed E-state index contributed by atoms with van der Waals surface area (Å²) in [5, 5.41) is 0. The van der Waals surface area contributed by atoms with E-state index in [1.165, 1.54) is 31.4 Å². The predicted octanol–water partition coefficient (Wildman–Crippen LogP) is 3.50. The molecule has 0 spiro atoms. The van der Waals surface area contributed by atoms with Gasteiger partial charge in [-0.1, -0.05) is 6.07 Å². The molecule has 3 aromatic carbocycles. The fourth-order valence-electron chi connectivity index (χ4n) is 3.26. The van der Waals surface area contributed by atoms with E-state index in [0.717, 1.165) is 5.56 Å². The quantitative estimate of drug-likeness (QED) is 0.587. The molecule has 0 unspecified atom stereocenters. The van der Waals surface area contributed by atoms with Crippen LogP contribution in [-0.2, 0) is 16.6 Å². The lowest BCUT2D eigenvalue weighted by Crippen LogP contribution is -2.26. The highest BCUT2D eigenvalue weighted by molar-refractivity contribution is 7.92. The molecule has 1 amide bonds. The van der Waals surface area contributed by atoms with Crippen LogP contribution in [-0.4, -0.2) is 40.2 Å². The third kappa shape index (κ3) is 4.62. The van der Waals surface area contributed by atoms with Gasteiger partial charge >= 0.3 is 0 Å². The first kappa shape index (κ1) is 21.5. The van der Waals surface area contributed by atoms with E-state index < -0.39 is 10.0 Å². The number of hydrogen-bond acceptors (Lipinski definition) is 6. The van der Waals surface area contributed by atoms with Crippen molar-refractivity contribution in [3.63, 3.8) is 0 Å². The number of fused-ring (bicyclic) bond motifs is 1. The van der Waals surface area contributed by atoms with Crippen LogP contribution in [0.15, 0.2) is 71.6 Å². The first-order valence-corrected chi connectivity index (χ1v) is 11.2. The summed E-state index contributed by atoms with van der Waals surface area (Å²) in [5.74, 6) is 1.74. The Morgan fingerprint density at radius 2 is 1.69 bits per heavy atom. The number of ether oxygens (including phenoxy) is 3. The van der Waals surface area contributed by atoms with Gasteiger partial charge in [0.15, 0.2) is 11.5 Å². The maximum absolute atomic E-state index is 12.8. The molecule has 0 fully saturated rings. The molecule has 0 aromatic heterocycles. The van der Waals surface area contributed by atoms with E-state index in [-0.39, 0.29) is 17.6 Å². The Kier molecular flexibility index (Phi) is 5.91. The Morgan fingerprint density at radius 1 is 1.00 bits per heavy atom. The Morgan fingerprint density at radius 3 is 2.38 bits per heavy atom. The number of nitrogens with one attached hydrogen (secondary N) is 1. The minimum Gasteiger partial charge on any atom is -0.497 e. The second-order valence-corrected chi connectivity index (χ2v) is 8.89. The Labute approximate surface area is 186 Å². The van der Waals surface area contributed by atoms with Crippen LogP contribution in [0.2, 0.25) is 0 Å². The monoisotopic (exact) mass is 454 g/mol. The molecule has 1 aliphatic rings. The highest BCUT2D eigenvalue weighted by Crippen LogP contribution is 2.32. The number of carbonyl (C=O) groups is 1. The van der Waals surface area contributed by atoms with Gasteiger partial charge in [-0.15, -0.1) is 0 Å². The van der Waals surface area contributed by atoms with Crippen LogP contribution >= 0.6 is 0 Å². The standard InChI is InChI=1S/C23H22N2O6S/c1-25(14-16-3-12-21-22(13-16)31-15-30-21)23(26)17-4-10-20(11-5-17)32(27,28)24-18-6-8-19(29-2)9-7-18/h3-13,24H,14-15H2,1-2H3. The zero-order chi connectivity index (χ0) is 22.7. The third-order valence-corrected chi connectivity index (χ3v) is 6.35. The number of benzene rings is 3. The first-order chi connectivity index (χ1) is 15.4. The smallest absolute Gasteiger partial charge is 0.261 e. The van der Waals surface area contributed by atoms with E-state index in [0.29, 0.717) is 35.0 Å². The summed E-state index contributed by atoms with van der Waals surface area (Å²) in [6.07, 6.45) is 0. The van der Waals surface area contributed by atoms with E-state index in [1.807, 2.05) is 18.2 Å². The van der Waals surface area contributed by atoms with E-state index in [1.54, 1.807) is 36.2 Å². The van der Waals surface area contributed by atoms with Crippen LogP contribution in [0.25, 0.3) is 0 Å². The van der Waals surface area contributed by atoms with Crippen molar-refractivity contribution in [3.05, 3.63) is 77.9 Å². The molecule has 166 valence electrons. The Balaban J connectivity index is 1.43. The topological polar surface area (TPSA) is 94.2 Å². The van der Waals surface area contributed by atoms with Gasteiger partial charge in [-0.25, -0.2) is 8.42 Å². The van der Waals surface area contributed by atoms with Crippen molar-refractivity contribution in [2.45, 2.75) is 11.4 Å². The predicted molar refractivity (Wildman–Crippen MR) is 119 cm³/mol. The van der Waals surface area contributed by atoms with Gasteiger partial charge in [-0.05, 0) is 66.2 Å². The largest absolute Gasteiger partial charge is 0.497 e. The second kappa shape index (κ2) is 8.80. The van der Waals surface area contributed by atoms with Crippen molar-refractivity contribution in [1.29, 1.82) is 0 Å². The lowest BCUT2D eigenvalue weighted by molar-refractivity contribution is 0.0785. The van der Waals surface area contributed by atoms with Gasteiger partial charge in [0, 0.05) is 24.8 Å². The average molecular weight is 455 g/mol. The third-order valence-electron chi connectivity index (χ3n) is 4.96. The van der Waals surface area contributed by atoms with E-state index in [4.69, 9.17) is 14.2 Å². The van der Waals surface area contributed by atoms with E-state index in [9.17, 15) is 13.2 Å². The molecule has 0 saturated heterocycles. The minimum absolute atomic E-state index is 0.0586. The summed E-state index contributed by atoms with van der Waals surface area (Å²) < 4.78 is 43.5. The molecule has 32 heavy (non-hydrogen) atoms. The summed E-state index contributed by atoms with van der Waals surface area (Å²) in [7, 11) is -0.572. The maximum atomic E-state index is 12.8. The van der Waals surface area contributed by atoms with Gasteiger partial charge in [-0.3, -0.25) is 9.52 Å². The number of carbonyl (C=O) groups excluding carboxylic acids is 1. The SMILES string of the molecule is COc1ccc(NS(=O)(=O)c2ccc(C(=O)N(C)Cc3ccc4c(c3)OCO4)cc2)cc1. The molecule has 1 heterocycles. The van der Waals surface area contributed by atoms with E-state index >= 15 is 0 Å². The zero-order valence-corrected chi connectivity index (χ0v) is 18.4. The van der Waals surface area contributed by atoms with Crippen molar-refractivity contribution >= 4 is 21.6 Å². The Bertz CT molecular complexity index is 1220. The van der Waals surface area contributed by atoms with Crippen molar-refractivity contribution in [1.82, 2.24) is 4.90 Å². The van der Waals surface area contributed by atoms with Crippen molar-refractivity contribution in [3.8, 4) is 17.2 Å². The van der Waals surface area contributed by atoms with E-state index in [2.05, 4.69) is 4.72 Å². The normalized spacial score (nSPS) is 12.3.